The fraction of sp³-hybridized carbons (Fsp3) is 0.400. The quantitative estimate of drug-likeness (QED) is 0.450. The number of aromatic nitrogens is 2. The molecule has 1 aromatic carbocycles. The van der Waals surface area contributed by atoms with Crippen LogP contribution in [0.5, 0.6) is 0 Å². The van der Waals surface area contributed by atoms with Crippen LogP contribution in [0, 0.1) is 12.7 Å². The second kappa shape index (κ2) is 8.18. The largest absolute Gasteiger partial charge is 0.395 e. The van der Waals surface area contributed by atoms with E-state index in [1.807, 2.05) is 0 Å². The van der Waals surface area contributed by atoms with E-state index >= 15 is 0 Å². The van der Waals surface area contributed by atoms with Crippen molar-refractivity contribution in [3.05, 3.63) is 62.2 Å². The van der Waals surface area contributed by atoms with E-state index in [1.54, 1.807) is 30.5 Å². The number of benzene rings is 1. The van der Waals surface area contributed by atoms with Crippen LogP contribution >= 0.6 is 0 Å². The van der Waals surface area contributed by atoms with Crippen molar-refractivity contribution in [3.63, 3.8) is 0 Å². The van der Waals surface area contributed by atoms with E-state index in [2.05, 4.69) is 4.98 Å². The topological polar surface area (TPSA) is 109 Å². The molecule has 0 amide bonds. The average molecular weight is 485 g/mol. The van der Waals surface area contributed by atoms with Crippen molar-refractivity contribution < 1.29 is 23.6 Å². The highest BCUT2D eigenvalue weighted by Gasteiger charge is 2.43. The van der Waals surface area contributed by atoms with Crippen molar-refractivity contribution in [2.45, 2.75) is 51.0 Å². The van der Waals surface area contributed by atoms with Crippen molar-refractivity contribution in [2.75, 3.05) is 12.4 Å². The number of hydrogen-bond donors (Lipinski definition) is 2. The van der Waals surface area contributed by atoms with Crippen LogP contribution < -0.4 is 5.56 Å². The molecule has 2 N–H and O–H groups in total. The fourth-order valence-corrected chi connectivity index (χ4v) is 6.17. The lowest BCUT2D eigenvalue weighted by molar-refractivity contribution is -0.140. The molecule has 1 aliphatic heterocycles. The molecule has 0 radical (unpaired) electrons. The highest BCUT2D eigenvalue weighted by molar-refractivity contribution is 7.84. The van der Waals surface area contributed by atoms with Gasteiger partial charge in [-0.25, -0.2) is 9.37 Å². The Bertz CT molecular complexity index is 1460. The third-order valence-electron chi connectivity index (χ3n) is 7.09. The van der Waals surface area contributed by atoms with Crippen LogP contribution in [0.2, 0.25) is 0 Å². The van der Waals surface area contributed by atoms with Gasteiger partial charge in [0.1, 0.15) is 11.4 Å². The van der Waals surface area contributed by atoms with Crippen LogP contribution in [0.3, 0.4) is 0 Å². The van der Waals surface area contributed by atoms with Gasteiger partial charge in [0.15, 0.2) is 5.78 Å². The number of pyridine rings is 2. The van der Waals surface area contributed by atoms with E-state index < -0.39 is 22.2 Å². The molecule has 1 aliphatic carbocycles. The summed E-state index contributed by atoms with van der Waals surface area (Å²) in [4.78, 5) is 30.7. The molecule has 0 saturated carbocycles. The van der Waals surface area contributed by atoms with Crippen LogP contribution in [0.4, 0.5) is 4.39 Å². The molecule has 34 heavy (non-hydrogen) atoms. The summed E-state index contributed by atoms with van der Waals surface area (Å²) in [6, 6.07) is 4.67. The molecule has 3 heterocycles. The monoisotopic (exact) mass is 484 g/mol. The van der Waals surface area contributed by atoms with Gasteiger partial charge >= 0.3 is 0 Å². The van der Waals surface area contributed by atoms with Crippen molar-refractivity contribution in [1.82, 2.24) is 9.55 Å². The fourth-order valence-electron chi connectivity index (χ4n) is 5.17. The normalized spacial score (nSPS) is 19.7. The summed E-state index contributed by atoms with van der Waals surface area (Å²) in [7, 11) is -1.37. The SMILES string of the molecule is CC[C@@]1(O)C(=O)CCc2c1cc1n(c2=O)Cc2c-1nc1cc(F)c(C)cc1c2C[S@](=O)CCO. The summed E-state index contributed by atoms with van der Waals surface area (Å²) in [5.74, 6) is -0.498. The van der Waals surface area contributed by atoms with Crippen molar-refractivity contribution in [2.24, 2.45) is 0 Å². The molecular formula is C25H25FN2O5S. The highest BCUT2D eigenvalue weighted by Crippen LogP contribution is 2.41. The molecular weight excluding hydrogens is 459 g/mol. The van der Waals surface area contributed by atoms with Crippen LogP contribution in [0.1, 0.15) is 47.6 Å². The zero-order valence-corrected chi connectivity index (χ0v) is 19.8. The van der Waals surface area contributed by atoms with Gasteiger partial charge in [-0.2, -0.15) is 0 Å². The second-order valence-corrected chi connectivity index (χ2v) is 10.6. The molecule has 2 atom stereocenters. The molecule has 2 aromatic heterocycles. The van der Waals surface area contributed by atoms with E-state index in [0.29, 0.717) is 44.5 Å². The maximum Gasteiger partial charge on any atom is 0.254 e. The Morgan fingerprint density at radius 1 is 1.21 bits per heavy atom. The van der Waals surface area contributed by atoms with Crippen molar-refractivity contribution in [1.29, 1.82) is 0 Å². The van der Waals surface area contributed by atoms with Crippen molar-refractivity contribution >= 4 is 27.5 Å². The van der Waals surface area contributed by atoms with Gasteiger partial charge in [-0.05, 0) is 43.0 Å². The molecule has 2 aliphatic rings. The Morgan fingerprint density at radius 2 is 1.97 bits per heavy atom. The van der Waals surface area contributed by atoms with E-state index in [0.717, 1.165) is 5.56 Å². The lowest BCUT2D eigenvalue weighted by atomic mass is 9.77. The van der Waals surface area contributed by atoms with Gasteiger partial charge < -0.3 is 14.8 Å². The van der Waals surface area contributed by atoms with E-state index in [1.165, 1.54) is 6.07 Å². The number of halogens is 1. The predicted molar refractivity (Wildman–Crippen MR) is 127 cm³/mol. The molecule has 0 fully saturated rings. The third-order valence-corrected chi connectivity index (χ3v) is 8.34. The lowest BCUT2D eigenvalue weighted by Crippen LogP contribution is -2.43. The Hall–Kier alpha value is -2.75. The van der Waals surface area contributed by atoms with Crippen LogP contribution in [-0.2, 0) is 39.9 Å². The Labute approximate surface area is 197 Å². The molecule has 0 bridgehead atoms. The number of rotatable bonds is 5. The molecule has 0 spiro atoms. The minimum Gasteiger partial charge on any atom is -0.395 e. The molecule has 0 unspecified atom stereocenters. The first kappa shape index (κ1) is 23.0. The molecule has 9 heteroatoms. The minimum atomic E-state index is -1.73. The number of Topliss-reactive ketones (excluding diaryl/α,β-unsaturated/α-hetero) is 1. The summed E-state index contributed by atoms with van der Waals surface area (Å²) in [5.41, 5.74) is 1.88. The summed E-state index contributed by atoms with van der Waals surface area (Å²) >= 11 is 0. The van der Waals surface area contributed by atoms with Gasteiger partial charge in [0.25, 0.3) is 5.56 Å². The number of fused-ring (bicyclic) bond motifs is 5. The number of ketones is 1. The Morgan fingerprint density at radius 3 is 2.68 bits per heavy atom. The molecule has 5 rings (SSSR count). The third kappa shape index (κ3) is 3.29. The zero-order valence-electron chi connectivity index (χ0n) is 19.0. The van der Waals surface area contributed by atoms with E-state index in [9.17, 15) is 28.4 Å². The first-order valence-corrected chi connectivity index (χ1v) is 12.8. The van der Waals surface area contributed by atoms with Gasteiger partial charge in [-0.3, -0.25) is 13.8 Å². The molecule has 3 aromatic rings. The highest BCUT2D eigenvalue weighted by atomic mass is 32.2. The van der Waals surface area contributed by atoms with Crippen molar-refractivity contribution in [3.8, 4) is 11.4 Å². The van der Waals surface area contributed by atoms with Gasteiger partial charge in [0, 0.05) is 56.9 Å². The summed E-state index contributed by atoms with van der Waals surface area (Å²) in [6.45, 7) is 3.34. The maximum absolute atomic E-state index is 14.4. The minimum absolute atomic E-state index is 0.102. The van der Waals surface area contributed by atoms with Crippen LogP contribution in [-0.4, -0.2) is 42.1 Å². The number of aliphatic hydroxyl groups is 2. The first-order valence-electron chi connectivity index (χ1n) is 11.3. The zero-order chi connectivity index (χ0) is 24.4. The number of hydrogen-bond acceptors (Lipinski definition) is 6. The van der Waals surface area contributed by atoms with Gasteiger partial charge in [-0.1, -0.05) is 6.92 Å². The first-order chi connectivity index (χ1) is 16.2. The number of carbonyl (C=O) groups is 1. The summed E-state index contributed by atoms with van der Waals surface area (Å²) < 4.78 is 28.6. The van der Waals surface area contributed by atoms with Crippen LogP contribution in [0.25, 0.3) is 22.3 Å². The second-order valence-electron chi connectivity index (χ2n) is 9.00. The summed E-state index contributed by atoms with van der Waals surface area (Å²) in [5, 5.41) is 21.0. The van der Waals surface area contributed by atoms with Gasteiger partial charge in [-0.15, -0.1) is 0 Å². The van der Waals surface area contributed by atoms with E-state index in [4.69, 9.17) is 0 Å². The number of aryl methyl sites for hydroxylation is 1. The smallest absolute Gasteiger partial charge is 0.254 e. The molecule has 178 valence electrons. The predicted octanol–water partition coefficient (Wildman–Crippen LogP) is 2.23. The molecule has 7 nitrogen and oxygen atoms in total. The number of aliphatic hydroxyl groups excluding tert-OH is 1. The average Bonchev–Trinajstić information content (AvgIpc) is 3.17. The summed E-state index contributed by atoms with van der Waals surface area (Å²) in [6.07, 6.45) is 0.514. The van der Waals surface area contributed by atoms with E-state index in [-0.39, 0.29) is 55.3 Å². The number of carbonyl (C=O) groups excluding carboxylic acids is 1. The number of nitrogens with zero attached hydrogens (tertiary/aromatic N) is 2. The maximum atomic E-state index is 14.4. The Kier molecular flexibility index (Phi) is 5.54. The van der Waals surface area contributed by atoms with Gasteiger partial charge in [0.2, 0.25) is 0 Å². The lowest BCUT2D eigenvalue weighted by Gasteiger charge is -2.32. The van der Waals surface area contributed by atoms with Crippen LogP contribution in [0.15, 0.2) is 23.0 Å². The Balaban J connectivity index is 1.80. The molecule has 0 saturated heterocycles. The van der Waals surface area contributed by atoms with Gasteiger partial charge in [0.05, 0.1) is 30.1 Å². The standard InChI is InChI=1S/C25H25FN2O5S/c1-3-25(32)18-9-21-23-16(11-28(21)24(31)14(18)4-5-22(25)30)17(12-34(33)7-6-29)15-8-13(2)19(26)10-20(15)27-23/h8-10,29,32H,3-7,11-12H2,1-2H3/t25-,34+/m0/s1.